The predicted molar refractivity (Wildman–Crippen MR) is 146 cm³/mol. The van der Waals surface area contributed by atoms with Crippen LogP contribution in [0.1, 0.15) is 38.2 Å². The van der Waals surface area contributed by atoms with Crippen LogP contribution in [0.25, 0.3) is 11.1 Å². The number of nitrogens with one attached hydrogen (secondary N) is 1. The molecule has 1 aliphatic heterocycles. The maximum Gasteiger partial charge on any atom is 0.246 e. The second-order valence-corrected chi connectivity index (χ2v) is 9.44. The molecular weight excluding hydrogens is 486 g/mol. The number of hydrogen-bond donors (Lipinski definition) is 1. The van der Waals surface area contributed by atoms with Crippen molar-refractivity contribution in [3.63, 3.8) is 0 Å². The molecule has 206 valence electrons. The minimum atomic E-state index is -0.666. The molecule has 0 bridgehead atoms. The normalized spacial score (nSPS) is 15.4. The molecule has 3 amide bonds. The number of piperazine rings is 1. The van der Waals surface area contributed by atoms with Crippen molar-refractivity contribution in [1.29, 1.82) is 0 Å². The smallest absolute Gasteiger partial charge is 0.246 e. The summed E-state index contributed by atoms with van der Waals surface area (Å²) in [6, 6.07) is 10.9. The van der Waals surface area contributed by atoms with Gasteiger partial charge in [0.2, 0.25) is 23.5 Å². The van der Waals surface area contributed by atoms with Crippen molar-refractivity contribution < 1.29 is 28.6 Å². The van der Waals surface area contributed by atoms with Gasteiger partial charge in [-0.1, -0.05) is 50.5 Å². The highest BCUT2D eigenvalue weighted by Gasteiger charge is 2.37. The van der Waals surface area contributed by atoms with Crippen molar-refractivity contribution in [2.45, 2.75) is 45.1 Å². The van der Waals surface area contributed by atoms with Crippen molar-refractivity contribution in [2.75, 3.05) is 48.0 Å². The molecule has 0 saturated carbocycles. The quantitative estimate of drug-likeness (QED) is 0.403. The minimum absolute atomic E-state index is 0.0881. The number of nitrogens with zero attached hydrogens (tertiary/aromatic N) is 2. The van der Waals surface area contributed by atoms with Crippen LogP contribution in [0.2, 0.25) is 0 Å². The number of carbonyl (C=O) groups is 3. The summed E-state index contributed by atoms with van der Waals surface area (Å²) in [5, 5.41) is 2.86. The maximum atomic E-state index is 13.2. The zero-order valence-electron chi connectivity index (χ0n) is 23.0. The second-order valence-electron chi connectivity index (χ2n) is 9.44. The van der Waals surface area contributed by atoms with Gasteiger partial charge in [0.15, 0.2) is 11.5 Å². The standard InChI is InChI=1S/C29H39N3O6/c1-6-7-8-9-14-30-26(33)18-32-19-27(34)31(2)23(29(32)35)15-20-10-12-21(13-11-20)22-16-24(36-3)28(38-5)25(17-22)37-4/h10-13,16-17,23H,6-9,14-15,18-19H2,1-5H3,(H,30,33)/t23-/m0/s1. The lowest BCUT2D eigenvalue weighted by molar-refractivity contribution is -0.155. The first-order chi connectivity index (χ1) is 18.3. The monoisotopic (exact) mass is 525 g/mol. The molecule has 0 unspecified atom stereocenters. The van der Waals surface area contributed by atoms with Gasteiger partial charge in [0.05, 0.1) is 21.3 Å². The summed E-state index contributed by atoms with van der Waals surface area (Å²) in [6.45, 7) is 2.52. The van der Waals surface area contributed by atoms with Crippen LogP contribution in [0.15, 0.2) is 36.4 Å². The number of benzene rings is 2. The molecular formula is C29H39N3O6. The van der Waals surface area contributed by atoms with Crippen LogP contribution in [-0.4, -0.2) is 81.6 Å². The Balaban J connectivity index is 1.69. The first-order valence-corrected chi connectivity index (χ1v) is 13.0. The molecule has 2 aromatic carbocycles. The van der Waals surface area contributed by atoms with Crippen LogP contribution in [0.4, 0.5) is 0 Å². The molecule has 9 nitrogen and oxygen atoms in total. The van der Waals surface area contributed by atoms with Gasteiger partial charge >= 0.3 is 0 Å². The Morgan fingerprint density at radius 2 is 1.61 bits per heavy atom. The van der Waals surface area contributed by atoms with Crippen molar-refractivity contribution >= 4 is 17.7 Å². The van der Waals surface area contributed by atoms with Crippen LogP contribution in [-0.2, 0) is 20.8 Å². The number of amides is 3. The Morgan fingerprint density at radius 3 is 2.18 bits per heavy atom. The summed E-state index contributed by atoms with van der Waals surface area (Å²) in [5.41, 5.74) is 2.73. The average molecular weight is 526 g/mol. The van der Waals surface area contributed by atoms with E-state index in [2.05, 4.69) is 12.2 Å². The maximum absolute atomic E-state index is 13.2. The van der Waals surface area contributed by atoms with Crippen LogP contribution < -0.4 is 19.5 Å². The molecule has 1 atom stereocenters. The first kappa shape index (κ1) is 28.8. The number of carbonyl (C=O) groups excluding carboxylic acids is 3. The summed E-state index contributed by atoms with van der Waals surface area (Å²) in [6.07, 6.45) is 4.58. The lowest BCUT2D eigenvalue weighted by Crippen LogP contribution is -2.60. The number of methoxy groups -OCH3 is 3. The van der Waals surface area contributed by atoms with Crippen LogP contribution >= 0.6 is 0 Å². The van der Waals surface area contributed by atoms with Gasteiger partial charge in [-0.25, -0.2) is 0 Å². The highest BCUT2D eigenvalue weighted by Crippen LogP contribution is 2.41. The van der Waals surface area contributed by atoms with Gasteiger partial charge < -0.3 is 29.3 Å². The number of likely N-dealkylation sites (N-methyl/N-ethyl adjacent to an activating group) is 1. The number of ether oxygens (including phenoxy) is 3. The first-order valence-electron chi connectivity index (χ1n) is 13.0. The fraction of sp³-hybridized carbons (Fsp3) is 0.483. The summed E-state index contributed by atoms with van der Waals surface area (Å²) in [4.78, 5) is 41.1. The third-order valence-electron chi connectivity index (χ3n) is 6.85. The van der Waals surface area contributed by atoms with Gasteiger partial charge in [-0.3, -0.25) is 14.4 Å². The van der Waals surface area contributed by atoms with E-state index in [0.29, 0.717) is 30.2 Å². The lowest BCUT2D eigenvalue weighted by atomic mass is 9.98. The Labute approximate surface area is 225 Å². The van der Waals surface area contributed by atoms with Crippen molar-refractivity contribution in [3.05, 3.63) is 42.0 Å². The zero-order chi connectivity index (χ0) is 27.7. The van der Waals surface area contributed by atoms with E-state index >= 15 is 0 Å². The largest absolute Gasteiger partial charge is 0.493 e. The van der Waals surface area contributed by atoms with Crippen molar-refractivity contribution in [3.8, 4) is 28.4 Å². The van der Waals surface area contributed by atoms with Gasteiger partial charge in [-0.15, -0.1) is 0 Å². The molecule has 0 radical (unpaired) electrons. The molecule has 0 aliphatic carbocycles. The average Bonchev–Trinajstić information content (AvgIpc) is 2.93. The lowest BCUT2D eigenvalue weighted by Gasteiger charge is -2.38. The Kier molecular flexibility index (Phi) is 10.4. The highest BCUT2D eigenvalue weighted by molar-refractivity contribution is 5.97. The molecule has 3 rings (SSSR count). The van der Waals surface area contributed by atoms with Gasteiger partial charge in [-0.2, -0.15) is 0 Å². The molecule has 1 fully saturated rings. The van der Waals surface area contributed by atoms with E-state index in [0.717, 1.165) is 42.4 Å². The predicted octanol–water partition coefficient (Wildman–Crippen LogP) is 3.29. The van der Waals surface area contributed by atoms with Gasteiger partial charge in [-0.05, 0) is 35.2 Å². The Hall–Kier alpha value is -3.75. The third kappa shape index (κ3) is 6.96. The number of rotatable bonds is 13. The highest BCUT2D eigenvalue weighted by atomic mass is 16.5. The summed E-state index contributed by atoms with van der Waals surface area (Å²) in [5.74, 6) is 1.00. The zero-order valence-corrected chi connectivity index (χ0v) is 23.0. The topological polar surface area (TPSA) is 97.4 Å². The van der Waals surface area contributed by atoms with Gasteiger partial charge in [0, 0.05) is 20.0 Å². The molecule has 9 heteroatoms. The van der Waals surface area contributed by atoms with Crippen LogP contribution in [0.5, 0.6) is 17.2 Å². The van der Waals surface area contributed by atoms with Gasteiger partial charge in [0.1, 0.15) is 19.1 Å². The molecule has 1 aliphatic rings. The van der Waals surface area contributed by atoms with Crippen LogP contribution in [0.3, 0.4) is 0 Å². The molecule has 38 heavy (non-hydrogen) atoms. The van der Waals surface area contributed by atoms with E-state index < -0.39 is 6.04 Å². The fourth-order valence-corrected chi connectivity index (χ4v) is 4.57. The SMILES string of the molecule is CCCCCCNC(=O)CN1CC(=O)N(C)[C@@H](Cc2ccc(-c3cc(OC)c(OC)c(OC)c3)cc2)C1=O. The second kappa shape index (κ2) is 13.7. The third-order valence-corrected chi connectivity index (χ3v) is 6.85. The molecule has 0 aromatic heterocycles. The van der Waals surface area contributed by atoms with Crippen molar-refractivity contribution in [1.82, 2.24) is 15.1 Å². The number of unbranched alkanes of at least 4 members (excludes halogenated alkanes) is 3. The molecule has 2 aromatic rings. The molecule has 1 saturated heterocycles. The molecule has 1 heterocycles. The Morgan fingerprint density at radius 1 is 0.947 bits per heavy atom. The number of hydrogen-bond acceptors (Lipinski definition) is 6. The molecule has 0 spiro atoms. The van der Waals surface area contributed by atoms with Crippen LogP contribution in [0, 0.1) is 0 Å². The summed E-state index contributed by atoms with van der Waals surface area (Å²) >= 11 is 0. The summed E-state index contributed by atoms with van der Waals surface area (Å²) in [7, 11) is 6.35. The fourth-order valence-electron chi connectivity index (χ4n) is 4.57. The van der Waals surface area contributed by atoms with E-state index in [9.17, 15) is 14.4 Å². The van der Waals surface area contributed by atoms with E-state index in [1.54, 1.807) is 28.4 Å². The van der Waals surface area contributed by atoms with Crippen molar-refractivity contribution in [2.24, 2.45) is 0 Å². The van der Waals surface area contributed by atoms with Gasteiger partial charge in [0.25, 0.3) is 0 Å². The van der Waals surface area contributed by atoms with E-state index in [4.69, 9.17) is 14.2 Å². The summed E-state index contributed by atoms with van der Waals surface area (Å²) < 4.78 is 16.3. The van der Waals surface area contributed by atoms with E-state index in [-0.39, 0.29) is 30.8 Å². The van der Waals surface area contributed by atoms with E-state index in [1.807, 2.05) is 36.4 Å². The molecule has 1 N–H and O–H groups in total. The Bertz CT molecular complexity index is 1090. The minimum Gasteiger partial charge on any atom is -0.493 e. The van der Waals surface area contributed by atoms with E-state index in [1.165, 1.54) is 9.80 Å².